The van der Waals surface area contributed by atoms with E-state index in [0.29, 0.717) is 0 Å². The summed E-state index contributed by atoms with van der Waals surface area (Å²) < 4.78 is 9.70. The molecule has 6 heteroatoms. The molecule has 0 bridgehead atoms. The highest BCUT2D eigenvalue weighted by atomic mass is 16.5. The van der Waals surface area contributed by atoms with E-state index in [1.807, 2.05) is 0 Å². The molecule has 0 fully saturated rings. The van der Waals surface area contributed by atoms with Gasteiger partial charge in [-0.15, -0.1) is 0 Å². The maximum atomic E-state index is 9.25. The van der Waals surface area contributed by atoms with Crippen molar-refractivity contribution in [2.45, 2.75) is 19.1 Å². The Kier molecular flexibility index (Phi) is 13.2. The third kappa shape index (κ3) is 15.5. The number of carboxylic acid groups (broad SMARTS) is 1. The molecular formula is C10H20O6. The van der Waals surface area contributed by atoms with Crippen LogP contribution in [0.5, 0.6) is 0 Å². The molecular weight excluding hydrogens is 216 g/mol. The van der Waals surface area contributed by atoms with Crippen molar-refractivity contribution >= 4 is 5.97 Å². The summed E-state index contributed by atoms with van der Waals surface area (Å²) in [6.45, 7) is 5.13. The van der Waals surface area contributed by atoms with Gasteiger partial charge in [0.2, 0.25) is 0 Å². The highest BCUT2D eigenvalue weighted by Gasteiger charge is 2.05. The molecule has 0 aliphatic carbocycles. The van der Waals surface area contributed by atoms with Crippen LogP contribution in [0.15, 0.2) is 12.7 Å². The van der Waals surface area contributed by atoms with Gasteiger partial charge in [0.05, 0.1) is 25.9 Å². The molecule has 0 saturated heterocycles. The van der Waals surface area contributed by atoms with E-state index in [1.54, 1.807) is 6.92 Å². The fourth-order valence-electron chi connectivity index (χ4n) is 0.569. The zero-order valence-electron chi connectivity index (χ0n) is 9.63. The Morgan fingerprint density at radius 1 is 1.50 bits per heavy atom. The van der Waals surface area contributed by atoms with Crippen LogP contribution in [0.25, 0.3) is 0 Å². The van der Waals surface area contributed by atoms with Gasteiger partial charge in [0.15, 0.2) is 0 Å². The highest BCUT2D eigenvalue weighted by Crippen LogP contribution is 1.92. The summed E-state index contributed by atoms with van der Waals surface area (Å²) in [4.78, 5) is 9.25. The Bertz CT molecular complexity index is 182. The zero-order chi connectivity index (χ0) is 13.0. The molecule has 3 N–H and O–H groups in total. The second-order valence-corrected chi connectivity index (χ2v) is 2.98. The second-order valence-electron chi connectivity index (χ2n) is 2.98. The topological polar surface area (TPSA) is 96.2 Å². The molecule has 0 heterocycles. The zero-order valence-corrected chi connectivity index (χ0v) is 9.63. The monoisotopic (exact) mass is 236 g/mol. The number of carboxylic acids is 1. The van der Waals surface area contributed by atoms with Gasteiger partial charge < -0.3 is 24.8 Å². The summed E-state index contributed by atoms with van der Waals surface area (Å²) in [5, 5.41) is 25.2. The van der Waals surface area contributed by atoms with E-state index in [0.717, 1.165) is 6.08 Å². The van der Waals surface area contributed by atoms with E-state index in [2.05, 4.69) is 11.3 Å². The Balaban J connectivity index is 0. The Labute approximate surface area is 95.1 Å². The molecule has 0 aliphatic heterocycles. The van der Waals surface area contributed by atoms with Gasteiger partial charge in [-0.05, 0) is 6.92 Å². The number of hydrogen-bond donors (Lipinski definition) is 3. The minimum absolute atomic E-state index is 0.0281. The van der Waals surface area contributed by atoms with Crippen LogP contribution in [0.3, 0.4) is 0 Å². The Morgan fingerprint density at radius 2 is 2.00 bits per heavy atom. The number of aliphatic hydroxyl groups is 2. The van der Waals surface area contributed by atoms with Crippen molar-refractivity contribution in [2.24, 2.45) is 0 Å². The number of ether oxygens (including phenoxy) is 2. The van der Waals surface area contributed by atoms with Crippen molar-refractivity contribution in [1.29, 1.82) is 0 Å². The van der Waals surface area contributed by atoms with E-state index >= 15 is 0 Å². The first-order valence-electron chi connectivity index (χ1n) is 4.72. The van der Waals surface area contributed by atoms with E-state index in [1.165, 1.54) is 7.11 Å². The largest absolute Gasteiger partial charge is 0.478 e. The second kappa shape index (κ2) is 12.1. The van der Waals surface area contributed by atoms with Crippen LogP contribution in [-0.2, 0) is 14.3 Å². The maximum Gasteiger partial charge on any atom is 0.327 e. The van der Waals surface area contributed by atoms with E-state index in [4.69, 9.17) is 20.1 Å². The van der Waals surface area contributed by atoms with Crippen molar-refractivity contribution < 1.29 is 29.6 Å². The van der Waals surface area contributed by atoms with Gasteiger partial charge in [0.1, 0.15) is 6.10 Å². The average molecular weight is 236 g/mol. The van der Waals surface area contributed by atoms with Crippen LogP contribution >= 0.6 is 0 Å². The normalized spacial score (nSPS) is 13.2. The molecule has 0 rings (SSSR count). The lowest BCUT2D eigenvalue weighted by Gasteiger charge is -2.13. The molecule has 6 nitrogen and oxygen atoms in total. The number of carbonyl (C=O) groups is 1. The van der Waals surface area contributed by atoms with Crippen LogP contribution in [-0.4, -0.2) is 60.4 Å². The van der Waals surface area contributed by atoms with E-state index < -0.39 is 12.1 Å². The molecule has 0 radical (unpaired) electrons. The lowest BCUT2D eigenvalue weighted by molar-refractivity contribution is -0.131. The van der Waals surface area contributed by atoms with Gasteiger partial charge in [-0.3, -0.25) is 0 Å². The van der Waals surface area contributed by atoms with Crippen LogP contribution in [0, 0.1) is 0 Å². The fraction of sp³-hybridized carbons (Fsp3) is 0.700. The van der Waals surface area contributed by atoms with Crippen molar-refractivity contribution in [2.75, 3.05) is 26.9 Å². The smallest absolute Gasteiger partial charge is 0.327 e. The number of rotatable bonds is 7. The molecule has 0 aromatic carbocycles. The van der Waals surface area contributed by atoms with Gasteiger partial charge in [-0.25, -0.2) is 4.79 Å². The predicted octanol–water partition coefficient (Wildman–Crippen LogP) is -0.352. The van der Waals surface area contributed by atoms with Gasteiger partial charge in [0, 0.05) is 13.2 Å². The van der Waals surface area contributed by atoms with Crippen molar-refractivity contribution in [3.05, 3.63) is 12.7 Å². The summed E-state index contributed by atoms with van der Waals surface area (Å²) in [5.74, 6) is -0.981. The summed E-state index contributed by atoms with van der Waals surface area (Å²) in [6.07, 6.45) is 0.00973. The number of methoxy groups -OCH3 is 1. The molecule has 2 unspecified atom stereocenters. The van der Waals surface area contributed by atoms with Gasteiger partial charge in [-0.2, -0.15) is 0 Å². The molecule has 96 valence electrons. The van der Waals surface area contributed by atoms with Crippen LogP contribution in [0.1, 0.15) is 6.92 Å². The highest BCUT2D eigenvalue weighted by molar-refractivity contribution is 5.78. The number of hydrogen-bond acceptors (Lipinski definition) is 5. The first kappa shape index (κ1) is 17.4. The lowest BCUT2D eigenvalue weighted by atomic mass is 10.4. The third-order valence-corrected chi connectivity index (χ3v) is 1.36. The van der Waals surface area contributed by atoms with Crippen LogP contribution < -0.4 is 0 Å². The van der Waals surface area contributed by atoms with Crippen molar-refractivity contribution in [3.8, 4) is 0 Å². The number of aliphatic carboxylic acids is 1. The summed E-state index contributed by atoms with van der Waals surface area (Å²) in [5.41, 5.74) is 0. The average Bonchev–Trinajstić information content (AvgIpc) is 2.27. The van der Waals surface area contributed by atoms with Crippen molar-refractivity contribution in [1.82, 2.24) is 0 Å². The summed E-state index contributed by atoms with van der Waals surface area (Å²) in [7, 11) is 1.51. The van der Waals surface area contributed by atoms with Gasteiger partial charge in [-0.1, -0.05) is 6.58 Å². The fourth-order valence-corrected chi connectivity index (χ4v) is 0.569. The standard InChI is InChI=1S/C7H16O4.C3H4O2/c1-6(3-8)11-5-7(9)4-10-2;1-2-3(4)5/h6-9H,3-5H2,1-2H3;2H,1H2,(H,4,5). The molecule has 0 aliphatic rings. The molecule has 16 heavy (non-hydrogen) atoms. The maximum absolute atomic E-state index is 9.25. The molecule has 0 aromatic heterocycles. The van der Waals surface area contributed by atoms with Crippen LogP contribution in [0.2, 0.25) is 0 Å². The Morgan fingerprint density at radius 3 is 2.31 bits per heavy atom. The SMILES string of the molecule is C=CC(=O)O.COCC(O)COC(C)CO. The first-order chi connectivity index (χ1) is 7.47. The minimum atomic E-state index is -0.981. The Hall–Kier alpha value is -0.950. The van der Waals surface area contributed by atoms with Gasteiger partial charge in [0.25, 0.3) is 0 Å². The van der Waals surface area contributed by atoms with E-state index in [9.17, 15) is 4.79 Å². The van der Waals surface area contributed by atoms with Crippen LogP contribution in [0.4, 0.5) is 0 Å². The molecule has 0 spiro atoms. The third-order valence-electron chi connectivity index (χ3n) is 1.36. The molecule has 0 amide bonds. The van der Waals surface area contributed by atoms with Crippen molar-refractivity contribution in [3.63, 3.8) is 0 Å². The lowest BCUT2D eigenvalue weighted by Crippen LogP contribution is -2.25. The number of aliphatic hydroxyl groups excluding tert-OH is 2. The summed E-state index contributed by atoms with van der Waals surface area (Å²) in [6, 6.07) is 0. The van der Waals surface area contributed by atoms with E-state index in [-0.39, 0.29) is 25.9 Å². The minimum Gasteiger partial charge on any atom is -0.478 e. The summed E-state index contributed by atoms with van der Waals surface area (Å²) >= 11 is 0. The molecule has 0 aromatic rings. The predicted molar refractivity (Wildman–Crippen MR) is 58.2 cm³/mol. The van der Waals surface area contributed by atoms with Gasteiger partial charge >= 0.3 is 5.97 Å². The molecule has 2 atom stereocenters. The molecule has 0 saturated carbocycles. The quantitative estimate of drug-likeness (QED) is 0.523. The first-order valence-corrected chi connectivity index (χ1v) is 4.72.